The van der Waals surface area contributed by atoms with Crippen molar-refractivity contribution < 1.29 is 4.92 Å². The standard InChI is InChI=1S/C9H10ClNO2/c1-7(6-10)8-2-4-9(5-3-8)11(12)13/h2-5,7H,6H2,1H3. The molecule has 0 N–H and O–H groups in total. The van der Waals surface area contributed by atoms with E-state index in [2.05, 4.69) is 0 Å². The van der Waals surface area contributed by atoms with Crippen molar-refractivity contribution in [3.63, 3.8) is 0 Å². The highest BCUT2D eigenvalue weighted by Gasteiger charge is 2.07. The second kappa shape index (κ2) is 4.23. The van der Waals surface area contributed by atoms with Crippen LogP contribution in [-0.4, -0.2) is 10.8 Å². The predicted molar refractivity (Wildman–Crippen MR) is 52.2 cm³/mol. The molecule has 13 heavy (non-hydrogen) atoms. The Morgan fingerprint density at radius 1 is 1.46 bits per heavy atom. The van der Waals surface area contributed by atoms with Crippen molar-refractivity contribution in [1.82, 2.24) is 0 Å². The highest BCUT2D eigenvalue weighted by atomic mass is 35.5. The molecule has 4 heteroatoms. The number of nitro groups is 1. The topological polar surface area (TPSA) is 43.1 Å². The van der Waals surface area contributed by atoms with Crippen molar-refractivity contribution in [3.8, 4) is 0 Å². The van der Waals surface area contributed by atoms with Crippen LogP contribution in [0.4, 0.5) is 5.69 Å². The first kappa shape index (κ1) is 9.99. The molecule has 0 bridgehead atoms. The third-order valence-corrected chi connectivity index (χ3v) is 2.37. The number of alkyl halides is 1. The summed E-state index contributed by atoms with van der Waals surface area (Å²) in [7, 11) is 0. The lowest BCUT2D eigenvalue weighted by atomic mass is 10.0. The monoisotopic (exact) mass is 199 g/mol. The van der Waals surface area contributed by atoms with Gasteiger partial charge in [0, 0.05) is 18.0 Å². The Labute approximate surface area is 81.5 Å². The van der Waals surface area contributed by atoms with Gasteiger partial charge in [0.05, 0.1) is 4.92 Å². The van der Waals surface area contributed by atoms with Crippen molar-refractivity contribution in [3.05, 3.63) is 39.9 Å². The van der Waals surface area contributed by atoms with Crippen LogP contribution >= 0.6 is 11.6 Å². The highest BCUT2D eigenvalue weighted by Crippen LogP contribution is 2.19. The minimum atomic E-state index is -0.408. The van der Waals surface area contributed by atoms with Gasteiger partial charge in [0.2, 0.25) is 0 Å². The third kappa shape index (κ3) is 2.42. The zero-order chi connectivity index (χ0) is 9.84. The van der Waals surface area contributed by atoms with E-state index < -0.39 is 4.92 Å². The largest absolute Gasteiger partial charge is 0.269 e. The molecule has 0 aromatic heterocycles. The number of benzene rings is 1. The van der Waals surface area contributed by atoms with Crippen molar-refractivity contribution in [2.75, 3.05) is 5.88 Å². The summed E-state index contributed by atoms with van der Waals surface area (Å²) in [5.41, 5.74) is 1.14. The zero-order valence-electron chi connectivity index (χ0n) is 7.24. The van der Waals surface area contributed by atoms with Crippen LogP contribution in [0.1, 0.15) is 18.4 Å². The van der Waals surface area contributed by atoms with Gasteiger partial charge in [0.15, 0.2) is 0 Å². The fourth-order valence-corrected chi connectivity index (χ4v) is 1.19. The smallest absolute Gasteiger partial charge is 0.258 e. The Hall–Kier alpha value is -1.09. The van der Waals surface area contributed by atoms with Crippen molar-refractivity contribution in [2.24, 2.45) is 0 Å². The van der Waals surface area contributed by atoms with Crippen LogP contribution in [0.25, 0.3) is 0 Å². The van der Waals surface area contributed by atoms with Gasteiger partial charge < -0.3 is 0 Å². The fraction of sp³-hybridized carbons (Fsp3) is 0.333. The number of hydrogen-bond donors (Lipinski definition) is 0. The van der Waals surface area contributed by atoms with Gasteiger partial charge in [0.25, 0.3) is 5.69 Å². The van der Waals surface area contributed by atoms with Gasteiger partial charge in [-0.05, 0) is 11.5 Å². The van der Waals surface area contributed by atoms with E-state index in [1.165, 1.54) is 12.1 Å². The third-order valence-electron chi connectivity index (χ3n) is 1.90. The van der Waals surface area contributed by atoms with Gasteiger partial charge >= 0.3 is 0 Å². The van der Waals surface area contributed by atoms with Crippen LogP contribution in [0, 0.1) is 10.1 Å². The summed E-state index contributed by atoms with van der Waals surface area (Å²) in [5, 5.41) is 10.3. The lowest BCUT2D eigenvalue weighted by Gasteiger charge is -2.06. The first-order valence-corrected chi connectivity index (χ1v) is 4.49. The summed E-state index contributed by atoms with van der Waals surface area (Å²) in [5.74, 6) is 0.764. The van der Waals surface area contributed by atoms with E-state index in [0.29, 0.717) is 5.88 Å². The van der Waals surface area contributed by atoms with E-state index in [-0.39, 0.29) is 11.6 Å². The number of nitrogens with zero attached hydrogens (tertiary/aromatic N) is 1. The average molecular weight is 200 g/mol. The van der Waals surface area contributed by atoms with Gasteiger partial charge in [-0.15, -0.1) is 11.6 Å². The number of hydrogen-bond acceptors (Lipinski definition) is 2. The Morgan fingerprint density at radius 2 is 2.00 bits per heavy atom. The molecule has 0 saturated heterocycles. The van der Waals surface area contributed by atoms with Crippen LogP contribution in [0.15, 0.2) is 24.3 Å². The minimum Gasteiger partial charge on any atom is -0.258 e. The molecule has 0 amide bonds. The molecule has 1 aromatic carbocycles. The molecule has 1 unspecified atom stereocenters. The fourth-order valence-electron chi connectivity index (χ4n) is 1.01. The maximum Gasteiger partial charge on any atom is 0.269 e. The van der Waals surface area contributed by atoms with Crippen molar-refractivity contribution in [1.29, 1.82) is 0 Å². The normalized spacial score (nSPS) is 12.5. The van der Waals surface area contributed by atoms with E-state index in [1.807, 2.05) is 6.92 Å². The molecule has 1 atom stereocenters. The SMILES string of the molecule is CC(CCl)c1ccc([N+](=O)[O-])cc1. The Bertz CT molecular complexity index is 297. The average Bonchev–Trinajstić information content (AvgIpc) is 2.17. The molecule has 0 heterocycles. The molecule has 0 radical (unpaired) electrons. The van der Waals surface area contributed by atoms with Crippen molar-refractivity contribution in [2.45, 2.75) is 12.8 Å². The van der Waals surface area contributed by atoms with Crippen LogP contribution in [0.5, 0.6) is 0 Å². The molecule has 3 nitrogen and oxygen atoms in total. The summed E-state index contributed by atoms with van der Waals surface area (Å²) in [4.78, 5) is 9.92. The predicted octanol–water partition coefficient (Wildman–Crippen LogP) is 2.94. The van der Waals surface area contributed by atoms with E-state index in [4.69, 9.17) is 11.6 Å². The summed E-state index contributed by atoms with van der Waals surface area (Å²) in [6.07, 6.45) is 0. The van der Waals surface area contributed by atoms with Gasteiger partial charge in [-0.3, -0.25) is 10.1 Å². The molecule has 0 fully saturated rings. The molecule has 70 valence electrons. The summed E-state index contributed by atoms with van der Waals surface area (Å²) >= 11 is 5.65. The van der Waals surface area contributed by atoms with E-state index >= 15 is 0 Å². The minimum absolute atomic E-state index is 0.116. The van der Waals surface area contributed by atoms with Crippen LogP contribution in [0.3, 0.4) is 0 Å². The second-order valence-corrected chi connectivity index (χ2v) is 3.21. The summed E-state index contributed by atoms with van der Waals surface area (Å²) < 4.78 is 0. The molecule has 1 aromatic rings. The molecule has 0 aliphatic rings. The maximum absolute atomic E-state index is 10.3. The summed E-state index contributed by atoms with van der Waals surface area (Å²) in [6.45, 7) is 1.98. The lowest BCUT2D eigenvalue weighted by Crippen LogP contribution is -1.95. The summed E-state index contributed by atoms with van der Waals surface area (Å²) in [6, 6.07) is 6.48. The molecule has 0 saturated carbocycles. The van der Waals surface area contributed by atoms with Gasteiger partial charge in [0.1, 0.15) is 0 Å². The van der Waals surface area contributed by atoms with E-state index in [1.54, 1.807) is 12.1 Å². The second-order valence-electron chi connectivity index (χ2n) is 2.90. The molecule has 0 aliphatic carbocycles. The highest BCUT2D eigenvalue weighted by molar-refractivity contribution is 6.18. The number of nitro benzene ring substituents is 1. The molecule has 0 aliphatic heterocycles. The van der Waals surface area contributed by atoms with Crippen molar-refractivity contribution >= 4 is 17.3 Å². The first-order chi connectivity index (χ1) is 6.15. The lowest BCUT2D eigenvalue weighted by molar-refractivity contribution is -0.384. The van der Waals surface area contributed by atoms with Crippen LogP contribution in [0.2, 0.25) is 0 Å². The quantitative estimate of drug-likeness (QED) is 0.427. The Morgan fingerprint density at radius 3 is 2.38 bits per heavy atom. The van der Waals surface area contributed by atoms with Gasteiger partial charge in [-0.2, -0.15) is 0 Å². The van der Waals surface area contributed by atoms with Gasteiger partial charge in [-0.1, -0.05) is 19.1 Å². The maximum atomic E-state index is 10.3. The van der Waals surface area contributed by atoms with E-state index in [9.17, 15) is 10.1 Å². The van der Waals surface area contributed by atoms with E-state index in [0.717, 1.165) is 5.56 Å². The molecule has 0 spiro atoms. The van der Waals surface area contributed by atoms with Crippen LogP contribution in [-0.2, 0) is 0 Å². The Kier molecular flexibility index (Phi) is 3.25. The number of rotatable bonds is 3. The number of halogens is 1. The van der Waals surface area contributed by atoms with Gasteiger partial charge in [-0.25, -0.2) is 0 Å². The van der Waals surface area contributed by atoms with Crippen LogP contribution < -0.4 is 0 Å². The first-order valence-electron chi connectivity index (χ1n) is 3.95. The zero-order valence-corrected chi connectivity index (χ0v) is 7.99. The Balaban J connectivity index is 2.87. The molecular weight excluding hydrogens is 190 g/mol. The molecular formula is C9H10ClNO2. The number of non-ortho nitro benzene ring substituents is 1. The molecule has 1 rings (SSSR count).